The highest BCUT2D eigenvalue weighted by molar-refractivity contribution is 9.10. The van der Waals surface area contributed by atoms with Crippen LogP contribution in [-0.2, 0) is 15.1 Å². The van der Waals surface area contributed by atoms with Crippen molar-refractivity contribution in [3.8, 4) is 0 Å². The first-order chi connectivity index (χ1) is 10.2. The van der Waals surface area contributed by atoms with E-state index in [9.17, 15) is 4.79 Å². The van der Waals surface area contributed by atoms with E-state index in [1.807, 2.05) is 24.3 Å². The van der Waals surface area contributed by atoms with Crippen molar-refractivity contribution in [3.05, 3.63) is 34.3 Å². The third-order valence-corrected chi connectivity index (χ3v) is 5.83. The Morgan fingerprint density at radius 2 is 2.05 bits per heavy atom. The van der Waals surface area contributed by atoms with Gasteiger partial charge in [-0.05, 0) is 31.0 Å². The monoisotopic (exact) mass is 366 g/mol. The first-order valence-electron chi connectivity index (χ1n) is 7.72. The third-order valence-electron chi connectivity index (χ3n) is 5.30. The lowest BCUT2D eigenvalue weighted by Gasteiger charge is -2.55. The van der Waals surface area contributed by atoms with Crippen molar-refractivity contribution >= 4 is 21.8 Å². The molecule has 3 rings (SSSR count). The highest BCUT2D eigenvalue weighted by Gasteiger charge is 2.60. The molecule has 2 fully saturated rings. The van der Waals surface area contributed by atoms with Crippen LogP contribution in [0.1, 0.15) is 32.8 Å². The average molecular weight is 367 g/mol. The van der Waals surface area contributed by atoms with Crippen LogP contribution in [0.4, 0.5) is 0 Å². The molecule has 22 heavy (non-hydrogen) atoms. The number of hydrogen-bond donors (Lipinski definition) is 2. The lowest BCUT2D eigenvalue weighted by Crippen LogP contribution is -2.68. The van der Waals surface area contributed by atoms with Crippen molar-refractivity contribution in [1.82, 2.24) is 5.32 Å². The molecule has 1 amide bonds. The topological polar surface area (TPSA) is 64.4 Å². The number of benzene rings is 1. The molecule has 3 N–H and O–H groups in total. The predicted molar refractivity (Wildman–Crippen MR) is 89.2 cm³/mol. The normalized spacial score (nSPS) is 31.8. The zero-order valence-electron chi connectivity index (χ0n) is 13.2. The zero-order chi connectivity index (χ0) is 16.1. The van der Waals surface area contributed by atoms with E-state index >= 15 is 0 Å². The van der Waals surface area contributed by atoms with Gasteiger partial charge in [0.15, 0.2) is 0 Å². The second-order valence-corrected chi connectivity index (χ2v) is 8.14. The van der Waals surface area contributed by atoms with E-state index < -0.39 is 5.54 Å². The molecule has 1 saturated heterocycles. The molecule has 4 nitrogen and oxygen atoms in total. The predicted octanol–water partition coefficient (Wildman–Crippen LogP) is 2.55. The highest BCUT2D eigenvalue weighted by atomic mass is 79.9. The van der Waals surface area contributed by atoms with Crippen molar-refractivity contribution in [3.63, 3.8) is 0 Å². The largest absolute Gasteiger partial charge is 0.377 e. The van der Waals surface area contributed by atoms with Gasteiger partial charge in [0.05, 0.1) is 6.10 Å². The summed E-state index contributed by atoms with van der Waals surface area (Å²) in [5.41, 5.74) is 6.06. The Hall–Kier alpha value is -0.910. The molecule has 2 aliphatic rings. The second-order valence-electron chi connectivity index (χ2n) is 7.23. The molecule has 1 aliphatic carbocycles. The second kappa shape index (κ2) is 5.32. The van der Waals surface area contributed by atoms with Gasteiger partial charge < -0.3 is 15.8 Å². The number of amides is 1. The SMILES string of the molecule is CC(N)(C(=O)NC1C2CCOC2C1(C)C)c1ccc(Br)cc1. The lowest BCUT2D eigenvalue weighted by molar-refractivity contribution is -0.141. The number of halogens is 1. The molecule has 120 valence electrons. The summed E-state index contributed by atoms with van der Waals surface area (Å²) < 4.78 is 6.75. The summed E-state index contributed by atoms with van der Waals surface area (Å²) >= 11 is 3.40. The molecule has 4 atom stereocenters. The van der Waals surface area contributed by atoms with E-state index in [1.54, 1.807) is 6.92 Å². The molecule has 1 heterocycles. The number of carbonyl (C=O) groups is 1. The van der Waals surface area contributed by atoms with Gasteiger partial charge in [0.2, 0.25) is 5.91 Å². The standard InChI is InChI=1S/C17H23BrN2O2/c1-16(2)13(12-8-9-22-14(12)16)20-15(21)17(3,19)10-4-6-11(18)7-5-10/h4-7,12-14H,8-9,19H2,1-3H3,(H,20,21). The van der Waals surface area contributed by atoms with Crippen LogP contribution in [0.25, 0.3) is 0 Å². The fourth-order valence-electron chi connectivity index (χ4n) is 3.84. The minimum absolute atomic E-state index is 0.0351. The van der Waals surface area contributed by atoms with Crippen LogP contribution >= 0.6 is 15.9 Å². The van der Waals surface area contributed by atoms with Crippen LogP contribution in [0.15, 0.2) is 28.7 Å². The van der Waals surface area contributed by atoms with Gasteiger partial charge in [-0.25, -0.2) is 0 Å². The minimum atomic E-state index is -1.04. The van der Waals surface area contributed by atoms with Gasteiger partial charge in [0.1, 0.15) is 5.54 Å². The number of ether oxygens (including phenoxy) is 1. The Kier molecular flexibility index (Phi) is 3.86. The third kappa shape index (κ3) is 2.39. The summed E-state index contributed by atoms with van der Waals surface area (Å²) in [5, 5.41) is 3.18. The Labute approximate surface area is 139 Å². The van der Waals surface area contributed by atoms with Crippen molar-refractivity contribution in [1.29, 1.82) is 0 Å². The van der Waals surface area contributed by atoms with Gasteiger partial charge in [0.25, 0.3) is 0 Å². The Balaban J connectivity index is 1.75. The number of hydrogen-bond acceptors (Lipinski definition) is 3. The molecular weight excluding hydrogens is 344 g/mol. The van der Waals surface area contributed by atoms with Gasteiger partial charge in [-0.2, -0.15) is 0 Å². The van der Waals surface area contributed by atoms with E-state index in [-0.39, 0.29) is 23.5 Å². The van der Waals surface area contributed by atoms with Crippen LogP contribution in [0, 0.1) is 11.3 Å². The van der Waals surface area contributed by atoms with Gasteiger partial charge in [-0.1, -0.05) is 41.9 Å². The number of nitrogens with one attached hydrogen (secondary N) is 1. The van der Waals surface area contributed by atoms with E-state index in [1.165, 1.54) is 0 Å². The van der Waals surface area contributed by atoms with Gasteiger partial charge >= 0.3 is 0 Å². The van der Waals surface area contributed by atoms with Crippen molar-refractivity contribution in [2.24, 2.45) is 17.1 Å². The van der Waals surface area contributed by atoms with E-state index in [2.05, 4.69) is 35.1 Å². The quantitative estimate of drug-likeness (QED) is 0.863. The zero-order valence-corrected chi connectivity index (χ0v) is 14.8. The molecule has 1 saturated carbocycles. The molecule has 1 aromatic rings. The Bertz CT molecular complexity index is 583. The molecule has 5 heteroatoms. The number of nitrogens with two attached hydrogens (primary N) is 1. The molecule has 1 aromatic carbocycles. The molecule has 0 spiro atoms. The lowest BCUT2D eigenvalue weighted by atomic mass is 9.57. The molecule has 1 aliphatic heterocycles. The summed E-state index contributed by atoms with van der Waals surface area (Å²) in [6.45, 7) is 6.85. The van der Waals surface area contributed by atoms with E-state index in [0.717, 1.165) is 23.1 Å². The molecular formula is C17H23BrN2O2. The van der Waals surface area contributed by atoms with Crippen molar-refractivity contribution in [2.75, 3.05) is 6.61 Å². The molecule has 4 unspecified atom stereocenters. The van der Waals surface area contributed by atoms with Crippen molar-refractivity contribution < 1.29 is 9.53 Å². The average Bonchev–Trinajstić information content (AvgIpc) is 2.91. The van der Waals surface area contributed by atoms with Crippen molar-refractivity contribution in [2.45, 2.75) is 44.9 Å². The highest BCUT2D eigenvalue weighted by Crippen LogP contribution is 2.52. The Morgan fingerprint density at radius 1 is 1.41 bits per heavy atom. The van der Waals surface area contributed by atoms with Crippen LogP contribution < -0.4 is 11.1 Å². The van der Waals surface area contributed by atoms with Gasteiger partial charge in [-0.15, -0.1) is 0 Å². The Morgan fingerprint density at radius 3 is 2.68 bits per heavy atom. The molecule has 0 radical (unpaired) electrons. The summed E-state index contributed by atoms with van der Waals surface area (Å²) in [6.07, 6.45) is 1.27. The van der Waals surface area contributed by atoms with E-state index in [0.29, 0.717) is 5.92 Å². The maximum Gasteiger partial charge on any atom is 0.244 e. The maximum atomic E-state index is 12.7. The number of rotatable bonds is 3. The first kappa shape index (κ1) is 16.0. The minimum Gasteiger partial charge on any atom is -0.377 e. The maximum absolute atomic E-state index is 12.7. The van der Waals surface area contributed by atoms with Crippen LogP contribution in [0.2, 0.25) is 0 Å². The summed E-state index contributed by atoms with van der Waals surface area (Å²) in [5.74, 6) is 0.290. The molecule has 0 aromatic heterocycles. The summed E-state index contributed by atoms with van der Waals surface area (Å²) in [4.78, 5) is 12.7. The van der Waals surface area contributed by atoms with Gasteiger partial charge in [0, 0.05) is 28.5 Å². The van der Waals surface area contributed by atoms with Crippen LogP contribution in [0.3, 0.4) is 0 Å². The first-order valence-corrected chi connectivity index (χ1v) is 8.51. The smallest absolute Gasteiger partial charge is 0.244 e. The van der Waals surface area contributed by atoms with Crippen LogP contribution in [-0.4, -0.2) is 24.7 Å². The fraction of sp³-hybridized carbons (Fsp3) is 0.588. The summed E-state index contributed by atoms with van der Waals surface area (Å²) in [6, 6.07) is 7.71. The van der Waals surface area contributed by atoms with E-state index in [4.69, 9.17) is 10.5 Å². The fourth-order valence-corrected chi connectivity index (χ4v) is 4.10. The number of carbonyl (C=O) groups excluding carboxylic acids is 1. The van der Waals surface area contributed by atoms with Crippen LogP contribution in [0.5, 0.6) is 0 Å². The molecule has 0 bridgehead atoms. The summed E-state index contributed by atoms with van der Waals surface area (Å²) in [7, 11) is 0. The van der Waals surface area contributed by atoms with Gasteiger partial charge in [-0.3, -0.25) is 4.79 Å². The number of fused-ring (bicyclic) bond motifs is 1.